The molecule has 0 spiro atoms. The van der Waals surface area contributed by atoms with E-state index in [2.05, 4.69) is 19.1 Å². The molecule has 3 nitrogen and oxygen atoms in total. The highest BCUT2D eigenvalue weighted by atomic mass is 33.1. The molecular weight excluding hydrogens is 478 g/mol. The maximum atomic E-state index is 12.3. The van der Waals surface area contributed by atoms with Crippen LogP contribution in [0.15, 0.2) is 70.5 Å². The molecule has 0 bridgehead atoms. The number of hydrogen-bond donors (Lipinski definition) is 0. The Morgan fingerprint density at radius 2 is 1.28 bits per heavy atom. The lowest BCUT2D eigenvalue weighted by molar-refractivity contribution is 0.357. The maximum absolute atomic E-state index is 12.3. The fourth-order valence-electron chi connectivity index (χ4n) is 2.04. The molecule has 0 saturated heterocycles. The van der Waals surface area contributed by atoms with Crippen LogP contribution >= 0.6 is 45.4 Å². The molecule has 2 aromatic carbocycles. The fraction of sp³-hybridized carbons (Fsp3) is 0.400. The SMILES string of the molecule is CCOP(=O)(SCC)Sc1ccccc1.CCOP(=S)(CC)Sc1ccccc1. The molecular formula is C20H30O3P2S4. The van der Waals surface area contributed by atoms with Crippen LogP contribution in [0, 0.1) is 0 Å². The van der Waals surface area contributed by atoms with Crippen LogP contribution in [0.1, 0.15) is 27.7 Å². The van der Waals surface area contributed by atoms with Gasteiger partial charge in [0, 0.05) is 28.3 Å². The van der Waals surface area contributed by atoms with Crippen LogP contribution in [0.3, 0.4) is 0 Å². The first-order valence-electron chi connectivity index (χ1n) is 9.52. The van der Waals surface area contributed by atoms with Gasteiger partial charge in [0.25, 0.3) is 0 Å². The van der Waals surface area contributed by atoms with Crippen molar-refractivity contribution in [3.63, 3.8) is 0 Å². The van der Waals surface area contributed by atoms with E-state index in [1.807, 2.05) is 69.3 Å². The van der Waals surface area contributed by atoms with Crippen LogP contribution in [0.4, 0.5) is 0 Å². The van der Waals surface area contributed by atoms with E-state index in [0.29, 0.717) is 13.2 Å². The minimum absolute atomic E-state index is 0.490. The number of rotatable bonds is 11. The molecule has 0 saturated carbocycles. The smallest absolute Gasteiger partial charge is 0.317 e. The van der Waals surface area contributed by atoms with Gasteiger partial charge >= 0.3 is 5.77 Å². The Morgan fingerprint density at radius 3 is 1.69 bits per heavy atom. The Kier molecular flexibility index (Phi) is 14.3. The van der Waals surface area contributed by atoms with E-state index in [1.165, 1.54) is 27.7 Å². The molecule has 2 atom stereocenters. The van der Waals surface area contributed by atoms with E-state index in [9.17, 15) is 4.57 Å². The van der Waals surface area contributed by atoms with Gasteiger partial charge in [0.1, 0.15) is 5.47 Å². The Morgan fingerprint density at radius 1 is 0.793 bits per heavy atom. The second-order valence-electron chi connectivity index (χ2n) is 5.44. The van der Waals surface area contributed by atoms with Crippen molar-refractivity contribution in [3.05, 3.63) is 60.7 Å². The van der Waals surface area contributed by atoms with Crippen molar-refractivity contribution in [2.45, 2.75) is 37.5 Å². The molecule has 0 aliphatic rings. The lowest BCUT2D eigenvalue weighted by Crippen LogP contribution is -1.88. The molecule has 2 rings (SSSR count). The molecule has 0 heterocycles. The maximum Gasteiger partial charge on any atom is 0.317 e. The third kappa shape index (κ3) is 11.5. The summed E-state index contributed by atoms with van der Waals surface area (Å²) in [5.41, 5.74) is -1.67. The minimum Gasteiger partial charge on any atom is -0.341 e. The summed E-state index contributed by atoms with van der Waals surface area (Å²) in [4.78, 5) is 2.21. The topological polar surface area (TPSA) is 35.5 Å². The first kappa shape index (κ1) is 27.3. The molecule has 0 amide bonds. The molecule has 29 heavy (non-hydrogen) atoms. The summed E-state index contributed by atoms with van der Waals surface area (Å²) in [7, 11) is 0. The molecule has 9 heteroatoms. The van der Waals surface area contributed by atoms with Crippen LogP contribution < -0.4 is 0 Å². The average Bonchev–Trinajstić information content (AvgIpc) is 2.70. The highest BCUT2D eigenvalue weighted by Crippen LogP contribution is 2.71. The lowest BCUT2D eigenvalue weighted by Gasteiger charge is -2.18. The standard InChI is InChI=1S/C10H15O2PS2.C10H15OPS2/c1-3-12-13(11,14-4-2)15-10-8-6-5-7-9-10;1-3-11-12(13,4-2)14-10-8-6-5-7-9-10/h5-9H,3-4H2,1-2H3;5-9H,3-4H2,1-2H3. The molecule has 0 aromatic heterocycles. The normalized spacial score (nSPS) is 14.9. The van der Waals surface area contributed by atoms with Crippen molar-refractivity contribution in [2.24, 2.45) is 0 Å². The van der Waals surface area contributed by atoms with E-state index in [0.717, 1.165) is 16.8 Å². The van der Waals surface area contributed by atoms with Crippen LogP contribution in [0.25, 0.3) is 0 Å². The monoisotopic (exact) mass is 508 g/mol. The Hall–Kier alpha value is 0.290. The molecule has 0 aliphatic carbocycles. The van der Waals surface area contributed by atoms with Crippen LogP contribution in [-0.2, 0) is 25.4 Å². The van der Waals surface area contributed by atoms with Crippen molar-refractivity contribution in [1.82, 2.24) is 0 Å². The van der Waals surface area contributed by atoms with Crippen molar-refractivity contribution >= 4 is 57.2 Å². The van der Waals surface area contributed by atoms with Gasteiger partial charge in [-0.15, -0.1) is 0 Å². The summed E-state index contributed by atoms with van der Waals surface area (Å²) >= 11 is 9.99. The van der Waals surface area contributed by atoms with Gasteiger partial charge < -0.3 is 9.05 Å². The van der Waals surface area contributed by atoms with Gasteiger partial charge in [-0.05, 0) is 49.5 Å². The fourth-order valence-corrected chi connectivity index (χ4v) is 13.5. The van der Waals surface area contributed by atoms with Gasteiger partial charge in [-0.25, -0.2) is 0 Å². The van der Waals surface area contributed by atoms with E-state index in [1.54, 1.807) is 11.4 Å². The van der Waals surface area contributed by atoms with Crippen molar-refractivity contribution in [1.29, 1.82) is 0 Å². The Labute approximate surface area is 193 Å². The minimum atomic E-state index is -2.61. The summed E-state index contributed by atoms with van der Waals surface area (Å²) in [5.74, 6) is -1.81. The average molecular weight is 509 g/mol. The van der Waals surface area contributed by atoms with E-state index in [-0.39, 0.29) is 0 Å². The summed E-state index contributed by atoms with van der Waals surface area (Å²) in [5, 5.41) is 0. The predicted molar refractivity (Wildman–Crippen MR) is 138 cm³/mol. The molecule has 2 aromatic rings. The van der Waals surface area contributed by atoms with E-state index < -0.39 is 11.2 Å². The first-order valence-corrected chi connectivity index (χ1v) is 18.5. The Bertz CT molecular complexity index is 766. The molecule has 0 radical (unpaired) electrons. The molecule has 0 fully saturated rings. The van der Waals surface area contributed by atoms with Gasteiger partial charge in [0.15, 0.2) is 0 Å². The number of hydrogen-bond acceptors (Lipinski definition) is 7. The molecule has 0 N–H and O–H groups in total. The van der Waals surface area contributed by atoms with Gasteiger partial charge in [-0.2, -0.15) is 0 Å². The van der Waals surface area contributed by atoms with Crippen LogP contribution in [0.2, 0.25) is 0 Å². The first-order chi connectivity index (χ1) is 13.9. The molecule has 2 unspecified atom stereocenters. The summed E-state index contributed by atoms with van der Waals surface area (Å²) in [6, 6.07) is 20.0. The highest BCUT2D eigenvalue weighted by Gasteiger charge is 2.24. The van der Waals surface area contributed by atoms with Gasteiger partial charge in [-0.1, -0.05) is 84.8 Å². The third-order valence-electron chi connectivity index (χ3n) is 3.24. The number of benzene rings is 2. The van der Waals surface area contributed by atoms with Crippen LogP contribution in [0.5, 0.6) is 0 Å². The third-order valence-corrected chi connectivity index (χ3v) is 16.9. The predicted octanol–water partition coefficient (Wildman–Crippen LogP) is 8.82. The second-order valence-corrected chi connectivity index (χ2v) is 20.5. The molecule has 162 valence electrons. The van der Waals surface area contributed by atoms with E-state index >= 15 is 0 Å². The van der Waals surface area contributed by atoms with E-state index in [4.69, 9.17) is 20.9 Å². The summed E-state index contributed by atoms with van der Waals surface area (Å²) < 4.78 is 23.3. The summed E-state index contributed by atoms with van der Waals surface area (Å²) in [6.45, 7) is 9.17. The zero-order valence-electron chi connectivity index (χ0n) is 17.4. The quantitative estimate of drug-likeness (QED) is 0.281. The van der Waals surface area contributed by atoms with Crippen molar-refractivity contribution in [3.8, 4) is 0 Å². The van der Waals surface area contributed by atoms with Crippen LogP contribution in [-0.4, -0.2) is 25.1 Å². The summed E-state index contributed by atoms with van der Waals surface area (Å²) in [6.07, 6.45) is 0.940. The van der Waals surface area contributed by atoms with Gasteiger partial charge in [0.05, 0.1) is 6.61 Å². The van der Waals surface area contributed by atoms with Gasteiger partial charge in [-0.3, -0.25) is 4.57 Å². The Balaban J connectivity index is 0.000000291. The van der Waals surface area contributed by atoms with Crippen molar-refractivity contribution in [2.75, 3.05) is 25.1 Å². The zero-order chi connectivity index (χ0) is 21.6. The highest BCUT2D eigenvalue weighted by molar-refractivity contribution is 8.89. The largest absolute Gasteiger partial charge is 0.341 e. The van der Waals surface area contributed by atoms with Crippen molar-refractivity contribution < 1.29 is 13.6 Å². The molecule has 0 aliphatic heterocycles. The van der Waals surface area contributed by atoms with Gasteiger partial charge in [0.2, 0.25) is 0 Å². The zero-order valence-corrected chi connectivity index (χ0v) is 22.4. The lowest BCUT2D eigenvalue weighted by atomic mass is 10.4. The second kappa shape index (κ2) is 15.2.